The monoisotopic (exact) mass is 1810 g/mol. The van der Waals surface area contributed by atoms with Gasteiger partial charge in [0.1, 0.15) is 28.7 Å². The Morgan fingerprint density at radius 3 is 1.19 bits per heavy atom. The quantitative estimate of drug-likeness (QED) is 0.0352. The molecule has 0 aliphatic heterocycles. The number of nitrogens with zero attached hydrogens (tertiary/aromatic N) is 21. The summed E-state index contributed by atoms with van der Waals surface area (Å²) in [5, 5.41) is 39.2. The minimum Gasteiger partial charge on any atom is -0.497 e. The molecule has 0 spiro atoms. The number of aryl methyl sites for hydroxylation is 3. The van der Waals surface area contributed by atoms with E-state index < -0.39 is 0 Å². The molecule has 4 N–H and O–H groups in total. The highest BCUT2D eigenvalue weighted by atomic mass is 79.9. The molecule has 8 aromatic carbocycles. The summed E-state index contributed by atoms with van der Waals surface area (Å²) in [6, 6.07) is 49.7. The van der Waals surface area contributed by atoms with Crippen LogP contribution in [0, 0.1) is 29.1 Å². The smallest absolute Gasteiger partial charge is 0.251 e. The van der Waals surface area contributed by atoms with E-state index in [4.69, 9.17) is 54.1 Å². The Hall–Kier alpha value is -14.5. The van der Waals surface area contributed by atoms with Crippen molar-refractivity contribution in [3.05, 3.63) is 236 Å². The Labute approximate surface area is 761 Å². The van der Waals surface area contributed by atoms with Crippen LogP contribution in [0.5, 0.6) is 28.7 Å². The standard InChI is InChI=1S/C27H30N6O3.C24H28N6O3.C24H22N6O.C23H22BrN5O/c1-28-27(34)19-10-22(12-23(11-19)36-3)33(16-18-4-5-18)21-6-7-24-25(13-21)31-26(15-29-24)20-14-30-32(17-20)8-9-35-2;1-32-20-10-19(11-21(13-20)33-2)30(8-9-31)18-4-5-22-23(12-18)28-24(15-26-22)17-14-27-29(16-17)7-3-6-25;1-29-15-18(12-27-29)24-13-26-22-6-5-19(10-23(22)28-24)30(14-16-3-4-16)20-7-17(11-25)8-21(9-20)31-2;1-28-14-16(11-26-28)23-12-25-21-6-5-18(10-22(21)27-23)29(13-15-3-4-15)19-7-17(24)8-20(9-19)30-2/h6-7,10-15,17-18H,4-5,8-9,16H2,1-3H3,(H,28,34);4-5,10-16,31H,3,6-9,25H2,1-2H3;5-10,12-13,15-16H,3-4,14H2,1-2H3;5-12,14-15H,3-4,13H2,1-2H3. The third-order valence-electron chi connectivity index (χ3n) is 22.6. The van der Waals surface area contributed by atoms with E-state index in [0.717, 1.165) is 183 Å². The lowest BCUT2D eigenvalue weighted by Crippen LogP contribution is -2.22. The molecular formula is C98H102BrN23O8. The van der Waals surface area contributed by atoms with Gasteiger partial charge in [-0.25, -0.2) is 19.9 Å². The van der Waals surface area contributed by atoms with Gasteiger partial charge in [0, 0.05) is 200 Å². The average Bonchev–Trinajstić information content (AvgIpc) is 1.81. The van der Waals surface area contributed by atoms with Crippen molar-refractivity contribution in [3.63, 3.8) is 0 Å². The molecular weight excluding hydrogens is 1710 g/mol. The number of halogens is 1. The highest BCUT2D eigenvalue weighted by Gasteiger charge is 2.30. The molecule has 130 heavy (non-hydrogen) atoms. The van der Waals surface area contributed by atoms with E-state index in [0.29, 0.717) is 72.2 Å². The largest absolute Gasteiger partial charge is 0.497 e. The first-order valence-corrected chi connectivity index (χ1v) is 43.8. The normalized spacial score (nSPS) is 12.7. The molecule has 3 aliphatic rings. The van der Waals surface area contributed by atoms with Crippen LogP contribution >= 0.6 is 15.9 Å². The summed E-state index contributed by atoms with van der Waals surface area (Å²) in [7, 11) is 15.2. The molecule has 0 unspecified atom stereocenters. The van der Waals surface area contributed by atoms with Gasteiger partial charge in [0.25, 0.3) is 5.91 Å². The molecule has 0 bridgehead atoms. The van der Waals surface area contributed by atoms with Gasteiger partial charge >= 0.3 is 0 Å². The van der Waals surface area contributed by atoms with Gasteiger partial charge in [-0.15, -0.1) is 0 Å². The summed E-state index contributed by atoms with van der Waals surface area (Å²) in [4.78, 5) is 59.1. The summed E-state index contributed by atoms with van der Waals surface area (Å²) in [5.41, 5.74) is 27.9. The number of nitriles is 1. The number of hydrogen-bond acceptors (Lipinski definition) is 26. The lowest BCUT2D eigenvalue weighted by atomic mass is 10.1. The van der Waals surface area contributed by atoms with E-state index >= 15 is 0 Å². The van der Waals surface area contributed by atoms with E-state index in [1.54, 1.807) is 115 Å². The zero-order valence-electron chi connectivity index (χ0n) is 74.0. The maximum Gasteiger partial charge on any atom is 0.251 e. The lowest BCUT2D eigenvalue weighted by molar-refractivity contribution is 0.0962. The molecule has 1 amide bonds. The van der Waals surface area contributed by atoms with Crippen molar-refractivity contribution in [2.45, 2.75) is 58.0 Å². The highest BCUT2D eigenvalue weighted by Crippen LogP contribution is 2.43. The number of aromatic nitrogens is 16. The van der Waals surface area contributed by atoms with Gasteiger partial charge in [-0.05, 0) is 178 Å². The van der Waals surface area contributed by atoms with Crippen molar-refractivity contribution in [2.75, 3.05) is 115 Å². The summed E-state index contributed by atoms with van der Waals surface area (Å²) in [5.74, 6) is 5.32. The highest BCUT2D eigenvalue weighted by molar-refractivity contribution is 9.10. The van der Waals surface area contributed by atoms with Gasteiger partial charge in [0.05, 0.1) is 183 Å². The maximum absolute atomic E-state index is 12.4. The molecule has 16 aromatic rings. The van der Waals surface area contributed by atoms with Crippen molar-refractivity contribution in [1.29, 1.82) is 5.26 Å². The van der Waals surface area contributed by atoms with Crippen LogP contribution < -0.4 is 54.3 Å². The number of amides is 1. The molecule has 3 aliphatic carbocycles. The molecule has 664 valence electrons. The van der Waals surface area contributed by atoms with Crippen molar-refractivity contribution in [3.8, 4) is 79.8 Å². The Balaban J connectivity index is 0.000000127. The van der Waals surface area contributed by atoms with E-state index in [2.05, 4.69) is 131 Å². The second-order valence-corrected chi connectivity index (χ2v) is 33.0. The Bertz CT molecular complexity index is 6700. The van der Waals surface area contributed by atoms with Crippen LogP contribution in [-0.2, 0) is 31.9 Å². The lowest BCUT2D eigenvalue weighted by Gasteiger charge is -2.26. The van der Waals surface area contributed by atoms with Crippen molar-refractivity contribution < 1.29 is 38.3 Å². The number of aliphatic hydroxyl groups is 1. The van der Waals surface area contributed by atoms with Crippen LogP contribution in [0.2, 0.25) is 0 Å². The molecule has 0 radical (unpaired) electrons. The summed E-state index contributed by atoms with van der Waals surface area (Å²) >= 11 is 3.62. The van der Waals surface area contributed by atoms with Crippen molar-refractivity contribution >= 4 is 111 Å². The Morgan fingerprint density at radius 1 is 0.446 bits per heavy atom. The van der Waals surface area contributed by atoms with Gasteiger partial charge in [-0.1, -0.05) is 15.9 Å². The fourth-order valence-corrected chi connectivity index (χ4v) is 15.6. The minimum absolute atomic E-state index is 0.0226. The zero-order valence-corrected chi connectivity index (χ0v) is 75.6. The molecule has 19 rings (SSSR count). The second kappa shape index (κ2) is 41.1. The summed E-state index contributed by atoms with van der Waals surface area (Å²) in [6.07, 6.45) is 30.4. The second-order valence-electron chi connectivity index (χ2n) is 32.1. The SMILES string of the molecule is CNC(=O)c1cc(OC)cc(N(CC2CC2)c2ccc3ncc(-c4cnn(CCOC)c4)nc3c2)c1.COc1cc(Br)cc(N(CC2CC2)c2ccc3ncc(-c4cnn(C)c4)nc3c2)c1.COc1cc(C#N)cc(N(CC2CC2)c2ccc3ncc(-c4cnn(C)c4)nc3c2)c1.COc1cc(OC)cc(N(CCO)c2ccc3ncc(-c4cnn(CCCN)c4)nc3c2)c1. The molecule has 0 saturated heterocycles. The van der Waals surface area contributed by atoms with Crippen LogP contribution in [0.15, 0.2) is 224 Å². The minimum atomic E-state index is -0.151. The number of fused-ring (bicyclic) bond motifs is 4. The topological polar surface area (TPSA) is 342 Å². The number of methoxy groups -OCH3 is 6. The van der Waals surface area contributed by atoms with Crippen LogP contribution in [0.1, 0.15) is 60.9 Å². The van der Waals surface area contributed by atoms with Gasteiger partial charge < -0.3 is 64.2 Å². The van der Waals surface area contributed by atoms with Crippen LogP contribution in [-0.4, -0.2) is 186 Å². The number of carbonyl (C=O) groups excluding carboxylic acids is 1. The zero-order chi connectivity index (χ0) is 90.3. The van der Waals surface area contributed by atoms with Crippen LogP contribution in [0.3, 0.4) is 0 Å². The molecule has 0 atom stereocenters. The molecule has 8 heterocycles. The van der Waals surface area contributed by atoms with Crippen molar-refractivity contribution in [2.24, 2.45) is 37.6 Å². The number of aliphatic hydroxyl groups excluding tert-OH is 1. The van der Waals surface area contributed by atoms with E-state index in [9.17, 15) is 15.2 Å². The number of benzene rings is 8. The van der Waals surface area contributed by atoms with Gasteiger partial charge in [-0.3, -0.25) is 43.5 Å². The van der Waals surface area contributed by atoms with Crippen molar-refractivity contribution in [1.82, 2.24) is 84.3 Å². The first kappa shape index (κ1) is 88.9. The number of rotatable bonds is 32. The van der Waals surface area contributed by atoms with E-state index in [1.807, 2.05) is 144 Å². The Kier molecular flexibility index (Phi) is 28.1. The number of nitrogens with one attached hydrogen (secondary N) is 1. The average molecular weight is 1810 g/mol. The number of ether oxygens (including phenoxy) is 6. The third kappa shape index (κ3) is 22.0. The van der Waals surface area contributed by atoms with E-state index in [-0.39, 0.29) is 12.5 Å². The van der Waals surface area contributed by atoms with Crippen LogP contribution in [0.25, 0.3) is 89.2 Å². The summed E-state index contributed by atoms with van der Waals surface area (Å²) < 4.78 is 40.6. The predicted octanol–water partition coefficient (Wildman–Crippen LogP) is 16.9. The maximum atomic E-state index is 12.4. The third-order valence-corrected chi connectivity index (χ3v) is 23.1. The molecule has 31 nitrogen and oxygen atoms in total. The van der Waals surface area contributed by atoms with Crippen LogP contribution in [0.4, 0.5) is 45.5 Å². The molecule has 3 fully saturated rings. The molecule has 32 heteroatoms. The summed E-state index contributed by atoms with van der Waals surface area (Å²) in [6.45, 7) is 5.74. The fraction of sp³-hybridized carbons (Fsp3) is 0.286. The molecule has 8 aromatic heterocycles. The Morgan fingerprint density at radius 2 is 0.815 bits per heavy atom. The van der Waals surface area contributed by atoms with Gasteiger partial charge in [0.15, 0.2) is 0 Å². The fourth-order valence-electron chi connectivity index (χ4n) is 15.1. The van der Waals surface area contributed by atoms with Gasteiger partial charge in [-0.2, -0.15) is 25.7 Å². The number of hydrogen-bond donors (Lipinski definition) is 3. The van der Waals surface area contributed by atoms with E-state index in [1.165, 1.54) is 38.5 Å². The first-order chi connectivity index (χ1) is 63.4. The number of nitrogens with two attached hydrogens (primary N) is 1. The predicted molar refractivity (Wildman–Crippen MR) is 508 cm³/mol. The first-order valence-electron chi connectivity index (χ1n) is 43.0. The number of anilines is 8. The van der Waals surface area contributed by atoms with Gasteiger partial charge in [0.2, 0.25) is 0 Å². The number of carbonyl (C=O) groups is 1. The molecule has 3 saturated carbocycles.